The first-order valence-corrected chi connectivity index (χ1v) is 8.96. The zero-order valence-corrected chi connectivity index (χ0v) is 15.3. The van der Waals surface area contributed by atoms with E-state index in [2.05, 4.69) is 29.8 Å². The van der Waals surface area contributed by atoms with Crippen molar-refractivity contribution >= 4 is 34.8 Å². The fraction of sp³-hybridized carbons (Fsp3) is 0.500. The van der Waals surface area contributed by atoms with Crippen molar-refractivity contribution in [3.05, 3.63) is 29.8 Å². The van der Waals surface area contributed by atoms with Crippen LogP contribution in [0, 0.1) is 0 Å². The molecule has 0 saturated carbocycles. The molecule has 0 atom stereocenters. The van der Waals surface area contributed by atoms with Crippen molar-refractivity contribution < 1.29 is 9.59 Å². The lowest BCUT2D eigenvalue weighted by molar-refractivity contribution is -0.119. The van der Waals surface area contributed by atoms with E-state index in [-0.39, 0.29) is 16.9 Å². The zero-order valence-electron chi connectivity index (χ0n) is 14.5. The first-order valence-electron chi connectivity index (χ1n) is 8.56. The molecule has 2 amide bonds. The Kier molecular flexibility index (Phi) is 9.68. The predicted molar refractivity (Wildman–Crippen MR) is 102 cm³/mol. The Bertz CT molecular complexity index is 544. The SMILES string of the molecule is CCCCCC(=O)NC(=S)Nc1ccc(C(=O)NCCCC)cc1. The predicted octanol–water partition coefficient (Wildman–Crippen LogP) is 3.61. The summed E-state index contributed by atoms with van der Waals surface area (Å²) in [6.07, 6.45) is 5.48. The van der Waals surface area contributed by atoms with Crippen LogP contribution in [0.15, 0.2) is 24.3 Å². The molecule has 0 radical (unpaired) electrons. The monoisotopic (exact) mass is 349 g/mol. The second-order valence-electron chi connectivity index (χ2n) is 5.65. The first kappa shape index (κ1) is 20.1. The van der Waals surface area contributed by atoms with E-state index in [0.717, 1.165) is 37.8 Å². The van der Waals surface area contributed by atoms with E-state index in [0.29, 0.717) is 18.5 Å². The van der Waals surface area contributed by atoms with Crippen LogP contribution in [0.5, 0.6) is 0 Å². The molecule has 1 aromatic rings. The minimum absolute atomic E-state index is 0.0760. The number of carbonyl (C=O) groups excluding carboxylic acids is 2. The number of nitrogens with one attached hydrogen (secondary N) is 3. The van der Waals surface area contributed by atoms with Gasteiger partial charge in [0.25, 0.3) is 5.91 Å². The number of hydrogen-bond donors (Lipinski definition) is 3. The number of hydrogen-bond acceptors (Lipinski definition) is 3. The summed E-state index contributed by atoms with van der Waals surface area (Å²) in [5, 5.41) is 8.75. The van der Waals surface area contributed by atoms with Crippen molar-refractivity contribution in [1.82, 2.24) is 10.6 Å². The van der Waals surface area contributed by atoms with Crippen LogP contribution in [0.4, 0.5) is 5.69 Å². The number of benzene rings is 1. The Labute approximate surface area is 149 Å². The normalized spacial score (nSPS) is 10.1. The summed E-state index contributed by atoms with van der Waals surface area (Å²) in [4.78, 5) is 23.6. The van der Waals surface area contributed by atoms with Gasteiger partial charge in [-0.2, -0.15) is 0 Å². The molecule has 0 aliphatic heterocycles. The highest BCUT2D eigenvalue weighted by molar-refractivity contribution is 7.80. The van der Waals surface area contributed by atoms with E-state index in [1.165, 1.54) is 0 Å². The maximum absolute atomic E-state index is 11.9. The largest absolute Gasteiger partial charge is 0.352 e. The van der Waals surface area contributed by atoms with E-state index >= 15 is 0 Å². The van der Waals surface area contributed by atoms with E-state index < -0.39 is 0 Å². The van der Waals surface area contributed by atoms with Crippen LogP contribution in [-0.2, 0) is 4.79 Å². The molecule has 0 aromatic heterocycles. The molecule has 0 aliphatic carbocycles. The van der Waals surface area contributed by atoms with Gasteiger partial charge in [0, 0.05) is 24.2 Å². The maximum atomic E-state index is 11.9. The molecular formula is C18H27N3O2S. The van der Waals surface area contributed by atoms with Crippen molar-refractivity contribution in [1.29, 1.82) is 0 Å². The van der Waals surface area contributed by atoms with Gasteiger partial charge in [-0.25, -0.2) is 0 Å². The Morgan fingerprint density at radius 2 is 1.67 bits per heavy atom. The number of carbonyl (C=O) groups is 2. The topological polar surface area (TPSA) is 70.2 Å². The van der Waals surface area contributed by atoms with Gasteiger partial charge in [0.15, 0.2) is 5.11 Å². The molecule has 3 N–H and O–H groups in total. The van der Waals surface area contributed by atoms with E-state index in [4.69, 9.17) is 12.2 Å². The molecule has 6 heteroatoms. The molecule has 132 valence electrons. The number of unbranched alkanes of at least 4 members (excludes halogenated alkanes) is 3. The third-order valence-electron chi connectivity index (χ3n) is 3.48. The highest BCUT2D eigenvalue weighted by Gasteiger charge is 2.07. The standard InChI is InChI=1S/C18H27N3O2S/c1-3-5-7-8-16(22)21-18(24)20-15-11-9-14(10-12-15)17(23)19-13-6-4-2/h9-12H,3-8,13H2,1-2H3,(H,19,23)(H2,20,21,22,24). The maximum Gasteiger partial charge on any atom is 0.251 e. The Morgan fingerprint density at radius 3 is 2.29 bits per heavy atom. The lowest BCUT2D eigenvalue weighted by Gasteiger charge is -2.10. The van der Waals surface area contributed by atoms with Crippen LogP contribution >= 0.6 is 12.2 Å². The highest BCUT2D eigenvalue weighted by Crippen LogP contribution is 2.09. The van der Waals surface area contributed by atoms with Crippen molar-refractivity contribution in [2.45, 2.75) is 52.4 Å². The molecular weight excluding hydrogens is 322 g/mol. The number of amides is 2. The average molecular weight is 350 g/mol. The molecule has 24 heavy (non-hydrogen) atoms. The molecule has 0 saturated heterocycles. The molecule has 0 bridgehead atoms. The molecule has 0 heterocycles. The van der Waals surface area contributed by atoms with E-state index in [1.54, 1.807) is 24.3 Å². The lowest BCUT2D eigenvalue weighted by Crippen LogP contribution is -2.33. The van der Waals surface area contributed by atoms with Crippen LogP contribution in [0.1, 0.15) is 62.7 Å². The zero-order chi connectivity index (χ0) is 17.8. The number of rotatable bonds is 9. The fourth-order valence-electron chi connectivity index (χ4n) is 2.07. The van der Waals surface area contributed by atoms with Gasteiger partial charge < -0.3 is 16.0 Å². The van der Waals surface area contributed by atoms with Gasteiger partial charge in [-0.3, -0.25) is 9.59 Å². The number of thiocarbonyl (C=S) groups is 1. The molecule has 0 aliphatic rings. The quantitative estimate of drug-likeness (QED) is 0.470. The van der Waals surface area contributed by atoms with Crippen molar-refractivity contribution in [2.75, 3.05) is 11.9 Å². The third kappa shape index (κ3) is 8.06. The van der Waals surface area contributed by atoms with Gasteiger partial charge in [-0.15, -0.1) is 0 Å². The molecule has 1 aromatic carbocycles. The highest BCUT2D eigenvalue weighted by atomic mass is 32.1. The second kappa shape index (κ2) is 11.6. The average Bonchev–Trinajstić information content (AvgIpc) is 2.55. The number of anilines is 1. The van der Waals surface area contributed by atoms with Gasteiger partial charge in [-0.05, 0) is 49.3 Å². The van der Waals surface area contributed by atoms with Gasteiger partial charge in [0.1, 0.15) is 0 Å². The Morgan fingerprint density at radius 1 is 1.00 bits per heavy atom. The van der Waals surface area contributed by atoms with Gasteiger partial charge in [-0.1, -0.05) is 33.1 Å². The van der Waals surface area contributed by atoms with Crippen LogP contribution < -0.4 is 16.0 Å². The summed E-state index contributed by atoms with van der Waals surface area (Å²) in [6.45, 7) is 4.86. The molecule has 1 rings (SSSR count). The summed E-state index contributed by atoms with van der Waals surface area (Å²) in [7, 11) is 0. The molecule has 0 fully saturated rings. The summed E-state index contributed by atoms with van der Waals surface area (Å²) < 4.78 is 0. The fourth-order valence-corrected chi connectivity index (χ4v) is 2.30. The van der Waals surface area contributed by atoms with Crippen LogP contribution in [0.2, 0.25) is 0 Å². The minimum atomic E-state index is -0.0817. The van der Waals surface area contributed by atoms with Crippen molar-refractivity contribution in [3.8, 4) is 0 Å². The van der Waals surface area contributed by atoms with E-state index in [1.807, 2.05) is 0 Å². The molecule has 0 spiro atoms. The van der Waals surface area contributed by atoms with Crippen LogP contribution in [0.25, 0.3) is 0 Å². The van der Waals surface area contributed by atoms with Crippen LogP contribution in [-0.4, -0.2) is 23.5 Å². The molecule has 0 unspecified atom stereocenters. The van der Waals surface area contributed by atoms with Crippen molar-refractivity contribution in [3.63, 3.8) is 0 Å². The summed E-state index contributed by atoms with van der Waals surface area (Å²) in [5.41, 5.74) is 1.34. The Hall–Kier alpha value is -1.95. The van der Waals surface area contributed by atoms with Gasteiger partial charge in [0.05, 0.1) is 0 Å². The van der Waals surface area contributed by atoms with Gasteiger partial charge in [0.2, 0.25) is 5.91 Å². The lowest BCUT2D eigenvalue weighted by atomic mass is 10.2. The second-order valence-corrected chi connectivity index (χ2v) is 6.05. The molecule has 5 nitrogen and oxygen atoms in total. The summed E-state index contributed by atoms with van der Waals surface area (Å²) >= 11 is 5.12. The first-order chi connectivity index (χ1) is 11.6. The summed E-state index contributed by atoms with van der Waals surface area (Å²) in [5.74, 6) is -0.158. The van der Waals surface area contributed by atoms with Crippen LogP contribution in [0.3, 0.4) is 0 Å². The van der Waals surface area contributed by atoms with Crippen molar-refractivity contribution in [2.24, 2.45) is 0 Å². The van der Waals surface area contributed by atoms with E-state index in [9.17, 15) is 9.59 Å². The smallest absolute Gasteiger partial charge is 0.251 e. The third-order valence-corrected chi connectivity index (χ3v) is 3.69. The van der Waals surface area contributed by atoms with Gasteiger partial charge >= 0.3 is 0 Å². The summed E-state index contributed by atoms with van der Waals surface area (Å²) in [6, 6.07) is 7.00. The minimum Gasteiger partial charge on any atom is -0.352 e. The Balaban J connectivity index is 2.41.